The summed E-state index contributed by atoms with van der Waals surface area (Å²) >= 11 is 0. The van der Waals surface area contributed by atoms with E-state index in [2.05, 4.69) is 6.58 Å². The Kier molecular flexibility index (Phi) is 4.48. The second-order valence-corrected chi connectivity index (χ2v) is 4.79. The first-order valence-corrected chi connectivity index (χ1v) is 5.59. The summed E-state index contributed by atoms with van der Waals surface area (Å²) in [5, 5.41) is 0. The van der Waals surface area contributed by atoms with Gasteiger partial charge in [-0.3, -0.25) is 0 Å². The number of carbonyl (C=O) groups excluding carboxylic acids is 1. The first-order valence-electron chi connectivity index (χ1n) is 5.59. The molecule has 0 aliphatic rings. The average Bonchev–Trinajstić information content (AvgIpc) is 2.23. The molecule has 98 valence electrons. The van der Waals surface area contributed by atoms with E-state index in [1.807, 2.05) is 0 Å². The maximum absolute atomic E-state index is 13.1. The zero-order chi connectivity index (χ0) is 13.8. The van der Waals surface area contributed by atoms with Gasteiger partial charge in [0, 0.05) is 0 Å². The Morgan fingerprint density at radius 3 is 2.61 bits per heavy atom. The Bertz CT molecular complexity index is 435. The van der Waals surface area contributed by atoms with Gasteiger partial charge in [0.2, 0.25) is 0 Å². The zero-order valence-corrected chi connectivity index (χ0v) is 10.8. The van der Waals surface area contributed by atoms with Crippen LogP contribution in [0.25, 0.3) is 0 Å². The molecule has 1 unspecified atom stereocenters. The van der Waals surface area contributed by atoms with Crippen LogP contribution >= 0.6 is 0 Å². The van der Waals surface area contributed by atoms with E-state index in [9.17, 15) is 9.18 Å². The van der Waals surface area contributed by atoms with E-state index in [1.54, 1.807) is 32.9 Å². The summed E-state index contributed by atoms with van der Waals surface area (Å²) in [6.07, 6.45) is -0.120. The molecule has 0 radical (unpaired) electrons. The number of rotatable bonds is 3. The standard InChI is InChI=1S/C14H17FO3/c1-5-12(10-7-6-8-11(15)9-10)17-13(16)18-14(2,3)4/h5-9,12H,1H2,2-4H3. The molecule has 0 amide bonds. The third-order valence-electron chi connectivity index (χ3n) is 2.00. The molecule has 0 aromatic heterocycles. The van der Waals surface area contributed by atoms with Gasteiger partial charge in [0.15, 0.2) is 0 Å². The number of carbonyl (C=O) groups is 1. The molecule has 0 saturated heterocycles. The summed E-state index contributed by atoms with van der Waals surface area (Å²) in [5.74, 6) is -0.396. The van der Waals surface area contributed by atoms with Crippen LogP contribution in [0.4, 0.5) is 9.18 Å². The smallest absolute Gasteiger partial charge is 0.429 e. The van der Waals surface area contributed by atoms with Crippen molar-refractivity contribution < 1.29 is 18.7 Å². The molecule has 0 fully saturated rings. The van der Waals surface area contributed by atoms with Crippen molar-refractivity contribution >= 4 is 6.16 Å². The molecule has 0 N–H and O–H groups in total. The fourth-order valence-electron chi connectivity index (χ4n) is 1.31. The Balaban J connectivity index is 2.74. The minimum atomic E-state index is -0.809. The summed E-state index contributed by atoms with van der Waals surface area (Å²) in [5.41, 5.74) is -0.124. The van der Waals surface area contributed by atoms with Crippen LogP contribution < -0.4 is 0 Å². The molecular formula is C14H17FO3. The van der Waals surface area contributed by atoms with E-state index >= 15 is 0 Å². The van der Waals surface area contributed by atoms with Gasteiger partial charge in [0.05, 0.1) is 0 Å². The zero-order valence-electron chi connectivity index (χ0n) is 10.8. The van der Waals surface area contributed by atoms with E-state index in [0.717, 1.165) is 0 Å². The van der Waals surface area contributed by atoms with E-state index in [-0.39, 0.29) is 0 Å². The van der Waals surface area contributed by atoms with Gasteiger partial charge >= 0.3 is 6.16 Å². The highest BCUT2D eigenvalue weighted by molar-refractivity contribution is 5.61. The van der Waals surface area contributed by atoms with Gasteiger partial charge < -0.3 is 9.47 Å². The molecule has 0 bridgehead atoms. The maximum atomic E-state index is 13.1. The molecule has 0 aliphatic carbocycles. The lowest BCUT2D eigenvalue weighted by atomic mass is 10.1. The fraction of sp³-hybridized carbons (Fsp3) is 0.357. The van der Waals surface area contributed by atoms with Gasteiger partial charge in [-0.15, -0.1) is 0 Å². The molecule has 1 aromatic rings. The van der Waals surface area contributed by atoms with E-state index < -0.39 is 23.7 Å². The Labute approximate surface area is 106 Å². The van der Waals surface area contributed by atoms with Crippen molar-refractivity contribution in [2.24, 2.45) is 0 Å². The van der Waals surface area contributed by atoms with Crippen molar-refractivity contribution in [1.29, 1.82) is 0 Å². The molecule has 0 saturated carbocycles. The summed E-state index contributed by atoms with van der Waals surface area (Å²) in [6.45, 7) is 8.77. The van der Waals surface area contributed by atoms with Crippen LogP contribution in [0.3, 0.4) is 0 Å². The topological polar surface area (TPSA) is 35.5 Å². The Morgan fingerprint density at radius 1 is 1.44 bits per heavy atom. The first kappa shape index (κ1) is 14.2. The largest absolute Gasteiger partial charge is 0.509 e. The van der Waals surface area contributed by atoms with Crippen molar-refractivity contribution in [1.82, 2.24) is 0 Å². The van der Waals surface area contributed by atoms with Crippen LogP contribution in [0.5, 0.6) is 0 Å². The molecule has 1 rings (SSSR count). The molecule has 18 heavy (non-hydrogen) atoms. The van der Waals surface area contributed by atoms with Crippen molar-refractivity contribution in [3.8, 4) is 0 Å². The van der Waals surface area contributed by atoms with Crippen LogP contribution in [0.1, 0.15) is 32.4 Å². The highest BCUT2D eigenvalue weighted by Gasteiger charge is 2.21. The van der Waals surface area contributed by atoms with E-state index in [1.165, 1.54) is 18.2 Å². The van der Waals surface area contributed by atoms with Crippen LogP contribution in [0.15, 0.2) is 36.9 Å². The first-order chi connectivity index (χ1) is 8.31. The van der Waals surface area contributed by atoms with Gasteiger partial charge in [-0.2, -0.15) is 0 Å². The van der Waals surface area contributed by atoms with Crippen LogP contribution in [-0.4, -0.2) is 11.8 Å². The van der Waals surface area contributed by atoms with Crippen molar-refractivity contribution in [2.75, 3.05) is 0 Å². The van der Waals surface area contributed by atoms with Crippen LogP contribution in [0.2, 0.25) is 0 Å². The van der Waals surface area contributed by atoms with Crippen LogP contribution in [0, 0.1) is 5.82 Å². The van der Waals surface area contributed by atoms with Gasteiger partial charge in [-0.05, 0) is 44.5 Å². The molecule has 1 atom stereocenters. The Morgan fingerprint density at radius 2 is 2.11 bits per heavy atom. The third-order valence-corrected chi connectivity index (χ3v) is 2.00. The molecule has 0 heterocycles. The minimum Gasteiger partial charge on any atom is -0.429 e. The van der Waals surface area contributed by atoms with Crippen molar-refractivity contribution in [2.45, 2.75) is 32.5 Å². The normalized spacial score (nSPS) is 12.7. The predicted molar refractivity (Wildman–Crippen MR) is 66.7 cm³/mol. The van der Waals surface area contributed by atoms with Crippen LogP contribution in [-0.2, 0) is 9.47 Å². The maximum Gasteiger partial charge on any atom is 0.509 e. The summed E-state index contributed by atoms with van der Waals surface area (Å²) in [6, 6.07) is 5.80. The second-order valence-electron chi connectivity index (χ2n) is 4.79. The second kappa shape index (κ2) is 5.67. The lowest BCUT2D eigenvalue weighted by Crippen LogP contribution is -2.25. The summed E-state index contributed by atoms with van der Waals surface area (Å²) in [7, 11) is 0. The highest BCUT2D eigenvalue weighted by Crippen LogP contribution is 2.21. The summed E-state index contributed by atoms with van der Waals surface area (Å²) in [4.78, 5) is 11.5. The average molecular weight is 252 g/mol. The van der Waals surface area contributed by atoms with E-state index in [4.69, 9.17) is 9.47 Å². The highest BCUT2D eigenvalue weighted by atomic mass is 19.1. The van der Waals surface area contributed by atoms with Crippen molar-refractivity contribution in [3.63, 3.8) is 0 Å². The summed E-state index contributed by atoms with van der Waals surface area (Å²) < 4.78 is 23.2. The number of hydrogen-bond acceptors (Lipinski definition) is 3. The number of hydrogen-bond donors (Lipinski definition) is 0. The minimum absolute atomic E-state index is 0.396. The molecule has 0 spiro atoms. The third kappa shape index (κ3) is 4.57. The number of halogens is 1. The number of benzene rings is 1. The lowest BCUT2D eigenvalue weighted by Gasteiger charge is -2.21. The molecule has 0 aliphatic heterocycles. The van der Waals surface area contributed by atoms with Gasteiger partial charge in [-0.25, -0.2) is 9.18 Å². The SMILES string of the molecule is C=CC(OC(=O)OC(C)(C)C)c1cccc(F)c1. The molecule has 3 nitrogen and oxygen atoms in total. The molecular weight excluding hydrogens is 235 g/mol. The van der Waals surface area contributed by atoms with Crippen molar-refractivity contribution in [3.05, 3.63) is 48.3 Å². The van der Waals surface area contributed by atoms with E-state index in [0.29, 0.717) is 5.56 Å². The number of ether oxygens (including phenoxy) is 2. The molecule has 4 heteroatoms. The molecule has 1 aromatic carbocycles. The van der Waals surface area contributed by atoms with Gasteiger partial charge in [0.25, 0.3) is 0 Å². The quantitative estimate of drug-likeness (QED) is 0.602. The Hall–Kier alpha value is -1.84. The fourth-order valence-corrected chi connectivity index (χ4v) is 1.31. The van der Waals surface area contributed by atoms with Gasteiger partial charge in [0.1, 0.15) is 17.5 Å². The lowest BCUT2D eigenvalue weighted by molar-refractivity contribution is -0.0188. The monoisotopic (exact) mass is 252 g/mol. The predicted octanol–water partition coefficient (Wildman–Crippen LogP) is 4.00. The van der Waals surface area contributed by atoms with Gasteiger partial charge in [-0.1, -0.05) is 18.7 Å².